The molecule has 8 heteroatoms. The van der Waals surface area contributed by atoms with Crippen LogP contribution in [0.3, 0.4) is 0 Å². The van der Waals surface area contributed by atoms with E-state index in [4.69, 9.17) is 0 Å². The van der Waals surface area contributed by atoms with E-state index in [0.717, 1.165) is 5.56 Å². The van der Waals surface area contributed by atoms with E-state index < -0.39 is 0 Å². The van der Waals surface area contributed by atoms with Gasteiger partial charge >= 0.3 is 6.03 Å². The highest BCUT2D eigenvalue weighted by molar-refractivity contribution is 5.90. The lowest BCUT2D eigenvalue weighted by Crippen LogP contribution is -2.36. The lowest BCUT2D eigenvalue weighted by Gasteiger charge is -2.22. The zero-order valence-corrected chi connectivity index (χ0v) is 16.6. The third-order valence-electron chi connectivity index (χ3n) is 4.35. The molecule has 1 atom stereocenters. The number of nitrogens with one attached hydrogen (secondary N) is 2. The summed E-state index contributed by atoms with van der Waals surface area (Å²) in [5.74, 6) is 0.896. The van der Waals surface area contributed by atoms with E-state index in [2.05, 4.69) is 20.7 Å². The van der Waals surface area contributed by atoms with Crippen molar-refractivity contribution in [1.29, 1.82) is 0 Å². The van der Waals surface area contributed by atoms with Gasteiger partial charge in [0.1, 0.15) is 12.2 Å². The van der Waals surface area contributed by atoms with E-state index in [1.165, 1.54) is 6.33 Å². The Morgan fingerprint density at radius 2 is 1.93 bits per heavy atom. The van der Waals surface area contributed by atoms with E-state index in [1.807, 2.05) is 38.1 Å². The summed E-state index contributed by atoms with van der Waals surface area (Å²) in [7, 11) is 5.27. The molecule has 0 aliphatic carbocycles. The second-order valence-electron chi connectivity index (χ2n) is 7.01. The molecule has 0 unspecified atom stereocenters. The Morgan fingerprint density at radius 3 is 2.52 bits per heavy atom. The van der Waals surface area contributed by atoms with Crippen molar-refractivity contribution in [3.63, 3.8) is 0 Å². The lowest BCUT2D eigenvalue weighted by atomic mass is 10.0. The summed E-state index contributed by atoms with van der Waals surface area (Å²) < 4.78 is 1.66. The third-order valence-corrected chi connectivity index (χ3v) is 4.35. The number of rotatable bonds is 7. The van der Waals surface area contributed by atoms with Gasteiger partial charge in [-0.25, -0.2) is 9.78 Å². The van der Waals surface area contributed by atoms with Crippen LogP contribution in [0, 0.1) is 5.92 Å². The molecule has 3 amide bonds. The van der Waals surface area contributed by atoms with E-state index >= 15 is 0 Å². The topological polar surface area (TPSA) is 92.2 Å². The van der Waals surface area contributed by atoms with Crippen molar-refractivity contribution < 1.29 is 9.59 Å². The van der Waals surface area contributed by atoms with Gasteiger partial charge in [0.2, 0.25) is 5.91 Å². The summed E-state index contributed by atoms with van der Waals surface area (Å²) in [5, 5.41) is 9.95. The van der Waals surface area contributed by atoms with Gasteiger partial charge in [-0.15, -0.1) is 0 Å². The van der Waals surface area contributed by atoms with Crippen molar-refractivity contribution >= 4 is 17.6 Å². The second-order valence-corrected chi connectivity index (χ2v) is 7.01. The molecule has 1 aromatic carbocycles. The number of carbonyl (C=O) groups is 2. The summed E-state index contributed by atoms with van der Waals surface area (Å²) in [5.41, 5.74) is 1.62. The molecule has 0 saturated carbocycles. The molecule has 0 aliphatic heterocycles. The van der Waals surface area contributed by atoms with Gasteiger partial charge in [-0.05, 0) is 24.0 Å². The Balaban J connectivity index is 2.07. The first-order chi connectivity index (χ1) is 12.8. The minimum Gasteiger partial charge on any atom is -0.349 e. The molecule has 0 spiro atoms. The fourth-order valence-corrected chi connectivity index (χ4v) is 2.74. The van der Waals surface area contributed by atoms with Crippen molar-refractivity contribution in [3.8, 4) is 0 Å². The van der Waals surface area contributed by atoms with E-state index in [0.29, 0.717) is 24.4 Å². The summed E-state index contributed by atoms with van der Waals surface area (Å²) in [4.78, 5) is 30.2. The molecule has 2 rings (SSSR count). The molecule has 0 fully saturated rings. The van der Waals surface area contributed by atoms with Gasteiger partial charge in [0.25, 0.3) is 0 Å². The van der Waals surface area contributed by atoms with E-state index in [-0.39, 0.29) is 23.9 Å². The van der Waals surface area contributed by atoms with E-state index in [9.17, 15) is 9.59 Å². The van der Waals surface area contributed by atoms with Gasteiger partial charge < -0.3 is 15.5 Å². The van der Waals surface area contributed by atoms with Gasteiger partial charge in [-0.3, -0.25) is 9.48 Å². The fraction of sp³-hybridized carbons (Fsp3) is 0.474. The van der Waals surface area contributed by atoms with Crippen LogP contribution in [0.5, 0.6) is 0 Å². The molecule has 1 aromatic heterocycles. The molecular formula is C19H28N6O2. The molecule has 2 aromatic rings. The zero-order valence-electron chi connectivity index (χ0n) is 16.6. The Bertz CT molecular complexity index is 784. The van der Waals surface area contributed by atoms with Gasteiger partial charge in [0, 0.05) is 33.3 Å². The van der Waals surface area contributed by atoms with Crippen LogP contribution in [-0.4, -0.2) is 45.7 Å². The maximum atomic E-state index is 12.6. The van der Waals surface area contributed by atoms with Crippen LogP contribution < -0.4 is 10.6 Å². The van der Waals surface area contributed by atoms with Crippen LogP contribution in [0.2, 0.25) is 0 Å². The first-order valence-corrected chi connectivity index (χ1v) is 8.99. The SMILES string of the molecule is CC(C)[C@@H](NC(=O)Nc1ccccc1CCC(=O)N(C)C)c1ncnn1C. The maximum absolute atomic E-state index is 12.6. The molecule has 27 heavy (non-hydrogen) atoms. The summed E-state index contributed by atoms with van der Waals surface area (Å²) in [6.07, 6.45) is 2.42. The molecule has 8 nitrogen and oxygen atoms in total. The van der Waals surface area contributed by atoms with Crippen LogP contribution in [0.25, 0.3) is 0 Å². The predicted octanol–water partition coefficient (Wildman–Crippen LogP) is 2.35. The number of nitrogens with zero attached hydrogens (tertiary/aromatic N) is 4. The number of hydrogen-bond donors (Lipinski definition) is 2. The number of aryl methyl sites for hydroxylation is 2. The average Bonchev–Trinajstić information content (AvgIpc) is 3.03. The first-order valence-electron chi connectivity index (χ1n) is 8.99. The van der Waals surface area contributed by atoms with Crippen LogP contribution in [-0.2, 0) is 18.3 Å². The highest BCUT2D eigenvalue weighted by atomic mass is 16.2. The van der Waals surface area contributed by atoms with Crippen molar-refractivity contribution in [2.75, 3.05) is 19.4 Å². The average molecular weight is 372 g/mol. The maximum Gasteiger partial charge on any atom is 0.319 e. The number of para-hydroxylation sites is 1. The number of amides is 3. The summed E-state index contributed by atoms with van der Waals surface area (Å²) in [6.45, 7) is 4.03. The molecule has 0 saturated heterocycles. The minimum absolute atomic E-state index is 0.0522. The van der Waals surface area contributed by atoms with Gasteiger partial charge in [-0.2, -0.15) is 5.10 Å². The van der Waals surface area contributed by atoms with Gasteiger partial charge in [0.05, 0.1) is 6.04 Å². The van der Waals surface area contributed by atoms with Crippen LogP contribution in [0.4, 0.5) is 10.5 Å². The zero-order chi connectivity index (χ0) is 20.0. The standard InChI is InChI=1S/C19H28N6O2/c1-13(2)17(18-20-12-21-25(18)5)23-19(27)22-15-9-7-6-8-14(15)10-11-16(26)24(3)4/h6-9,12-13,17H,10-11H2,1-5H3,(H2,22,23,27)/t17-/m1/s1. The molecule has 1 heterocycles. The Labute approximate surface area is 160 Å². The third kappa shape index (κ3) is 5.54. The van der Waals surface area contributed by atoms with Crippen LogP contribution in [0.1, 0.15) is 37.7 Å². The van der Waals surface area contributed by atoms with Gasteiger partial charge in [-0.1, -0.05) is 32.0 Å². The normalized spacial score (nSPS) is 11.9. The molecule has 2 N–H and O–H groups in total. The first kappa shape index (κ1) is 20.4. The highest BCUT2D eigenvalue weighted by Crippen LogP contribution is 2.21. The number of hydrogen-bond acceptors (Lipinski definition) is 4. The Morgan fingerprint density at radius 1 is 1.22 bits per heavy atom. The van der Waals surface area contributed by atoms with E-state index in [1.54, 1.807) is 30.7 Å². The minimum atomic E-state index is -0.317. The molecule has 0 bridgehead atoms. The Kier molecular flexibility index (Phi) is 6.92. The smallest absolute Gasteiger partial charge is 0.319 e. The number of aromatic nitrogens is 3. The summed E-state index contributed by atoms with van der Waals surface area (Å²) >= 11 is 0. The van der Waals surface area contributed by atoms with Crippen molar-refractivity contribution in [2.24, 2.45) is 13.0 Å². The monoisotopic (exact) mass is 372 g/mol. The second kappa shape index (κ2) is 9.16. The number of carbonyl (C=O) groups excluding carboxylic acids is 2. The number of urea groups is 1. The van der Waals surface area contributed by atoms with Gasteiger partial charge in [0.15, 0.2) is 0 Å². The predicted molar refractivity (Wildman–Crippen MR) is 104 cm³/mol. The highest BCUT2D eigenvalue weighted by Gasteiger charge is 2.23. The fourth-order valence-electron chi connectivity index (χ4n) is 2.74. The van der Waals surface area contributed by atoms with Crippen LogP contribution in [0.15, 0.2) is 30.6 Å². The van der Waals surface area contributed by atoms with Crippen LogP contribution >= 0.6 is 0 Å². The summed E-state index contributed by atoms with van der Waals surface area (Å²) in [6, 6.07) is 6.93. The molecule has 0 radical (unpaired) electrons. The van der Waals surface area contributed by atoms with Crippen molar-refractivity contribution in [1.82, 2.24) is 25.0 Å². The number of benzene rings is 1. The quantitative estimate of drug-likeness (QED) is 0.780. The lowest BCUT2D eigenvalue weighted by molar-refractivity contribution is -0.128. The van der Waals surface area contributed by atoms with Crippen molar-refractivity contribution in [2.45, 2.75) is 32.7 Å². The van der Waals surface area contributed by atoms with Crippen molar-refractivity contribution in [3.05, 3.63) is 42.0 Å². The molecule has 146 valence electrons. The largest absolute Gasteiger partial charge is 0.349 e. The Hall–Kier alpha value is -2.90. The molecular weight excluding hydrogens is 344 g/mol. The molecule has 0 aliphatic rings. The number of anilines is 1.